The van der Waals surface area contributed by atoms with Gasteiger partial charge in [-0.05, 0) is 22.9 Å². The van der Waals surface area contributed by atoms with Crippen molar-refractivity contribution < 1.29 is 4.74 Å². The highest BCUT2D eigenvalue weighted by Crippen LogP contribution is 2.17. The molecule has 0 unspecified atom stereocenters. The van der Waals surface area contributed by atoms with E-state index < -0.39 is 0 Å². The van der Waals surface area contributed by atoms with Crippen molar-refractivity contribution >= 4 is 21.6 Å². The first kappa shape index (κ1) is 8.43. The van der Waals surface area contributed by atoms with Crippen molar-refractivity contribution in [3.05, 3.63) is 17.1 Å². The minimum Gasteiger partial charge on any atom is -0.478 e. The van der Waals surface area contributed by atoms with E-state index >= 15 is 0 Å². The fraction of sp³-hybridized carbons (Fsp3) is 0.286. The van der Waals surface area contributed by atoms with Crippen molar-refractivity contribution in [1.29, 1.82) is 0 Å². The number of hydrogen-bond acceptors (Lipinski definition) is 4. The number of hydrogen-bond donors (Lipinski definition) is 0. The van der Waals surface area contributed by atoms with Crippen molar-refractivity contribution in [1.82, 2.24) is 19.6 Å². The van der Waals surface area contributed by atoms with Crippen molar-refractivity contribution in [3.8, 4) is 5.88 Å². The van der Waals surface area contributed by atoms with E-state index in [-0.39, 0.29) is 0 Å². The number of halogens is 1. The van der Waals surface area contributed by atoms with Crippen molar-refractivity contribution in [2.24, 2.45) is 0 Å². The minimum absolute atomic E-state index is 0.589. The molecule has 6 heteroatoms. The Kier molecular flexibility index (Phi) is 2.13. The van der Waals surface area contributed by atoms with Gasteiger partial charge in [-0.1, -0.05) is 0 Å². The van der Waals surface area contributed by atoms with Crippen LogP contribution in [0.15, 0.2) is 17.1 Å². The van der Waals surface area contributed by atoms with Crippen LogP contribution in [0, 0.1) is 0 Å². The van der Waals surface area contributed by atoms with E-state index in [1.54, 1.807) is 16.8 Å². The highest BCUT2D eigenvalue weighted by molar-refractivity contribution is 9.10. The van der Waals surface area contributed by atoms with Crippen LogP contribution in [-0.4, -0.2) is 26.2 Å². The molecule has 0 bridgehead atoms. The summed E-state index contributed by atoms with van der Waals surface area (Å²) in [5, 5.41) is 7.73. The van der Waals surface area contributed by atoms with Gasteiger partial charge in [-0.3, -0.25) is 4.98 Å². The summed E-state index contributed by atoms with van der Waals surface area (Å²) >= 11 is 3.27. The number of ether oxygens (including phenoxy) is 1. The van der Waals surface area contributed by atoms with Crippen LogP contribution < -0.4 is 4.74 Å². The van der Waals surface area contributed by atoms with E-state index in [2.05, 4.69) is 31.1 Å². The summed E-state index contributed by atoms with van der Waals surface area (Å²) in [6.45, 7) is 2.50. The predicted octanol–water partition coefficient (Wildman–Crippen LogP) is 1.29. The van der Waals surface area contributed by atoms with Gasteiger partial charge in [0, 0.05) is 0 Å². The lowest BCUT2D eigenvalue weighted by Gasteiger charge is -2.04. The van der Waals surface area contributed by atoms with Crippen LogP contribution in [0.4, 0.5) is 0 Å². The largest absolute Gasteiger partial charge is 0.478 e. The molecule has 0 aliphatic carbocycles. The first-order valence-electron chi connectivity index (χ1n) is 3.80. The van der Waals surface area contributed by atoms with Gasteiger partial charge in [0.25, 0.3) is 0 Å². The molecule has 5 nitrogen and oxygen atoms in total. The number of nitrogens with zero attached hydrogens (tertiary/aromatic N) is 4. The molecular formula is C7H7BrN4O. The second-order valence-electron chi connectivity index (χ2n) is 2.34. The highest BCUT2D eigenvalue weighted by atomic mass is 79.9. The van der Waals surface area contributed by atoms with E-state index in [4.69, 9.17) is 4.74 Å². The van der Waals surface area contributed by atoms with E-state index in [1.165, 1.54) is 0 Å². The molecule has 0 amide bonds. The van der Waals surface area contributed by atoms with Crippen LogP contribution in [-0.2, 0) is 0 Å². The van der Waals surface area contributed by atoms with Gasteiger partial charge in [0.15, 0.2) is 5.65 Å². The maximum absolute atomic E-state index is 5.35. The molecule has 0 saturated carbocycles. The minimum atomic E-state index is 0.589. The molecule has 0 atom stereocenters. The van der Waals surface area contributed by atoms with Gasteiger partial charge in [0.05, 0.1) is 19.0 Å². The topological polar surface area (TPSA) is 52.3 Å². The summed E-state index contributed by atoms with van der Waals surface area (Å²) in [5.41, 5.74) is 0.665. The van der Waals surface area contributed by atoms with Crippen LogP contribution in [0.2, 0.25) is 0 Å². The summed E-state index contributed by atoms with van der Waals surface area (Å²) < 4.78 is 7.71. The molecule has 0 saturated heterocycles. The molecular weight excluding hydrogens is 236 g/mol. The van der Waals surface area contributed by atoms with Crippen LogP contribution in [0.5, 0.6) is 5.88 Å². The molecule has 2 heterocycles. The summed E-state index contributed by atoms with van der Waals surface area (Å²) in [7, 11) is 0. The first-order chi connectivity index (χ1) is 6.33. The zero-order valence-corrected chi connectivity index (χ0v) is 8.52. The molecule has 0 aliphatic rings. The fourth-order valence-corrected chi connectivity index (χ4v) is 1.47. The van der Waals surface area contributed by atoms with Crippen molar-refractivity contribution in [2.45, 2.75) is 6.92 Å². The van der Waals surface area contributed by atoms with Gasteiger partial charge in [-0.15, -0.1) is 10.2 Å². The second kappa shape index (κ2) is 3.29. The van der Waals surface area contributed by atoms with E-state index in [0.717, 1.165) is 0 Å². The Bertz CT molecular complexity index is 427. The predicted molar refractivity (Wildman–Crippen MR) is 49.7 cm³/mol. The zero-order valence-electron chi connectivity index (χ0n) is 6.94. The summed E-state index contributed by atoms with van der Waals surface area (Å²) in [5.74, 6) is 0.636. The first-order valence-corrected chi connectivity index (χ1v) is 4.59. The summed E-state index contributed by atoms with van der Waals surface area (Å²) in [6, 6.07) is 0. The van der Waals surface area contributed by atoms with Crippen molar-refractivity contribution in [3.63, 3.8) is 0 Å². The molecule has 0 spiro atoms. The Labute approximate surface area is 82.9 Å². The SMILES string of the molecule is CCOc1cncc2nnc(Br)n12. The van der Waals surface area contributed by atoms with Gasteiger partial charge >= 0.3 is 0 Å². The average Bonchev–Trinajstić information content (AvgIpc) is 2.50. The molecule has 13 heavy (non-hydrogen) atoms. The third-order valence-electron chi connectivity index (χ3n) is 1.54. The molecule has 2 aromatic rings. The lowest BCUT2D eigenvalue weighted by molar-refractivity contribution is 0.320. The number of aromatic nitrogens is 4. The molecule has 2 rings (SSSR count). The van der Waals surface area contributed by atoms with Crippen LogP contribution >= 0.6 is 15.9 Å². The monoisotopic (exact) mass is 242 g/mol. The van der Waals surface area contributed by atoms with E-state index in [9.17, 15) is 0 Å². The van der Waals surface area contributed by atoms with Gasteiger partial charge in [0.1, 0.15) is 0 Å². The normalized spacial score (nSPS) is 10.6. The quantitative estimate of drug-likeness (QED) is 0.797. The highest BCUT2D eigenvalue weighted by Gasteiger charge is 2.07. The molecule has 0 fully saturated rings. The third-order valence-corrected chi connectivity index (χ3v) is 2.05. The molecule has 2 aromatic heterocycles. The van der Waals surface area contributed by atoms with Crippen LogP contribution in [0.1, 0.15) is 6.92 Å². The van der Waals surface area contributed by atoms with Crippen molar-refractivity contribution in [2.75, 3.05) is 6.61 Å². The van der Waals surface area contributed by atoms with Gasteiger partial charge in [-0.2, -0.15) is 0 Å². The third kappa shape index (κ3) is 1.37. The Morgan fingerprint density at radius 3 is 3.08 bits per heavy atom. The summed E-state index contributed by atoms with van der Waals surface area (Å²) in [4.78, 5) is 3.98. The summed E-state index contributed by atoms with van der Waals surface area (Å²) in [6.07, 6.45) is 3.25. The second-order valence-corrected chi connectivity index (χ2v) is 3.05. The Morgan fingerprint density at radius 2 is 2.31 bits per heavy atom. The molecule has 0 aliphatic heterocycles. The molecule has 0 radical (unpaired) electrons. The fourth-order valence-electron chi connectivity index (χ4n) is 1.04. The smallest absolute Gasteiger partial charge is 0.220 e. The van der Waals surface area contributed by atoms with Gasteiger partial charge in [-0.25, -0.2) is 4.40 Å². The maximum Gasteiger partial charge on any atom is 0.220 e. The van der Waals surface area contributed by atoms with Gasteiger partial charge < -0.3 is 4.74 Å². The Hall–Kier alpha value is -1.17. The molecule has 0 N–H and O–H groups in total. The van der Waals surface area contributed by atoms with Crippen LogP contribution in [0.3, 0.4) is 0 Å². The van der Waals surface area contributed by atoms with E-state index in [0.29, 0.717) is 22.9 Å². The Balaban J connectivity index is 2.65. The lowest BCUT2D eigenvalue weighted by Crippen LogP contribution is -1.99. The Morgan fingerprint density at radius 1 is 1.46 bits per heavy atom. The van der Waals surface area contributed by atoms with Gasteiger partial charge in [0.2, 0.25) is 10.6 Å². The average molecular weight is 243 g/mol. The number of fused-ring (bicyclic) bond motifs is 1. The van der Waals surface area contributed by atoms with E-state index in [1.807, 2.05) is 6.92 Å². The molecule has 0 aromatic carbocycles. The zero-order chi connectivity index (χ0) is 9.26. The van der Waals surface area contributed by atoms with Crippen LogP contribution in [0.25, 0.3) is 5.65 Å². The standard InChI is InChI=1S/C7H7BrN4O/c1-2-13-6-4-9-3-5-10-11-7(8)12(5)6/h3-4H,2H2,1H3. The lowest BCUT2D eigenvalue weighted by atomic mass is 10.6. The maximum atomic E-state index is 5.35. The number of rotatable bonds is 2. The molecule has 68 valence electrons.